The Hall–Kier alpha value is -4.92. The Morgan fingerprint density at radius 3 is 2.22 bits per heavy atom. The van der Waals surface area contributed by atoms with Crippen LogP contribution in [0.15, 0.2) is 71.5 Å². The van der Waals surface area contributed by atoms with Crippen LogP contribution in [0.25, 0.3) is 17.4 Å². The zero-order chi connectivity index (χ0) is 33.6. The number of rotatable bonds is 10. The molecule has 9 heteroatoms. The first kappa shape index (κ1) is 34.0. The highest BCUT2D eigenvalue weighted by atomic mass is 19.1. The van der Waals surface area contributed by atoms with Gasteiger partial charge in [0.05, 0.1) is 7.11 Å². The molecule has 0 atom stereocenters. The Morgan fingerprint density at radius 2 is 1.63 bits per heavy atom. The third kappa shape index (κ3) is 8.41. The molecule has 0 aliphatic heterocycles. The number of amides is 2. The number of carbonyl (C=O) groups excluding carboxylic acids is 2. The van der Waals surface area contributed by atoms with E-state index in [1.54, 1.807) is 12.1 Å². The fourth-order valence-corrected chi connectivity index (χ4v) is 5.01. The highest BCUT2D eigenvalue weighted by molar-refractivity contribution is 6.02. The third-order valence-electron chi connectivity index (χ3n) is 7.52. The van der Waals surface area contributed by atoms with Crippen molar-refractivity contribution in [3.8, 4) is 22.8 Å². The molecule has 242 valence electrons. The Kier molecular flexibility index (Phi) is 10.4. The smallest absolute Gasteiger partial charge is 0.273 e. The predicted octanol–water partition coefficient (Wildman–Crippen LogP) is 7.80. The third-order valence-corrected chi connectivity index (χ3v) is 7.52. The molecule has 2 amide bonds. The van der Waals surface area contributed by atoms with Crippen LogP contribution in [0.5, 0.6) is 11.5 Å². The monoisotopic (exact) mass is 627 g/mol. The van der Waals surface area contributed by atoms with Gasteiger partial charge in [0.2, 0.25) is 5.91 Å². The lowest BCUT2D eigenvalue weighted by atomic mass is 9.78. The van der Waals surface area contributed by atoms with Gasteiger partial charge < -0.3 is 24.9 Å². The van der Waals surface area contributed by atoms with E-state index in [0.717, 1.165) is 28.6 Å². The van der Waals surface area contributed by atoms with Crippen molar-refractivity contribution in [2.75, 3.05) is 19.0 Å². The fourth-order valence-electron chi connectivity index (χ4n) is 5.01. The summed E-state index contributed by atoms with van der Waals surface area (Å²) in [5.41, 5.74) is 4.17. The van der Waals surface area contributed by atoms with Crippen molar-refractivity contribution in [1.82, 2.24) is 10.3 Å². The topological polar surface area (TPSA) is 114 Å². The molecule has 1 aromatic heterocycles. The number of hydrogen-bond donors (Lipinski definition) is 3. The van der Waals surface area contributed by atoms with Crippen LogP contribution < -0.4 is 15.4 Å². The van der Waals surface area contributed by atoms with Gasteiger partial charge >= 0.3 is 0 Å². The van der Waals surface area contributed by atoms with E-state index < -0.39 is 11.7 Å². The second kappa shape index (κ2) is 14.0. The number of oxazole rings is 1. The number of halogens is 1. The molecule has 0 aliphatic carbocycles. The number of nitrogens with zero attached hydrogens (tertiary/aromatic N) is 1. The van der Waals surface area contributed by atoms with E-state index in [2.05, 4.69) is 57.2 Å². The number of benzene rings is 3. The quantitative estimate of drug-likeness (QED) is 0.122. The van der Waals surface area contributed by atoms with Crippen LogP contribution in [0.3, 0.4) is 0 Å². The number of ether oxygens (including phenoxy) is 1. The second-order valence-electron chi connectivity index (χ2n) is 13.2. The maximum absolute atomic E-state index is 14.2. The number of phenols is 1. The number of aromatic nitrogens is 1. The normalized spacial score (nSPS) is 11.9. The number of nitrogens with one attached hydrogen (secondary N) is 2. The van der Waals surface area contributed by atoms with Crippen molar-refractivity contribution < 1.29 is 28.2 Å². The van der Waals surface area contributed by atoms with Gasteiger partial charge in [-0.25, -0.2) is 9.37 Å². The molecule has 0 spiro atoms. The fraction of sp³-hybridized carbons (Fsp3) is 0.324. The first-order chi connectivity index (χ1) is 21.7. The molecular weight excluding hydrogens is 585 g/mol. The van der Waals surface area contributed by atoms with Crippen LogP contribution in [0.1, 0.15) is 80.7 Å². The van der Waals surface area contributed by atoms with Crippen LogP contribution in [-0.2, 0) is 22.0 Å². The molecule has 46 heavy (non-hydrogen) atoms. The van der Waals surface area contributed by atoms with Gasteiger partial charge in [0.15, 0.2) is 29.4 Å². The summed E-state index contributed by atoms with van der Waals surface area (Å²) in [5, 5.41) is 16.7. The van der Waals surface area contributed by atoms with E-state index in [9.17, 15) is 19.1 Å². The Morgan fingerprint density at radius 1 is 0.978 bits per heavy atom. The first-order valence-electron chi connectivity index (χ1n) is 15.2. The summed E-state index contributed by atoms with van der Waals surface area (Å²) in [6.07, 6.45) is 5.79. The van der Waals surface area contributed by atoms with E-state index in [1.807, 2.05) is 36.4 Å². The van der Waals surface area contributed by atoms with Crippen molar-refractivity contribution in [2.24, 2.45) is 0 Å². The van der Waals surface area contributed by atoms with Crippen molar-refractivity contribution in [3.63, 3.8) is 0 Å². The van der Waals surface area contributed by atoms with Gasteiger partial charge in [-0.1, -0.05) is 53.7 Å². The molecule has 0 saturated carbocycles. The molecule has 4 aromatic rings. The summed E-state index contributed by atoms with van der Waals surface area (Å²) in [5.74, 6) is -0.667. The van der Waals surface area contributed by atoms with Gasteiger partial charge in [-0.3, -0.25) is 9.59 Å². The van der Waals surface area contributed by atoms with Gasteiger partial charge in [0.25, 0.3) is 5.91 Å². The summed E-state index contributed by atoms with van der Waals surface area (Å²) < 4.78 is 24.5. The number of aromatic hydroxyl groups is 1. The van der Waals surface area contributed by atoms with Crippen molar-refractivity contribution in [1.29, 1.82) is 0 Å². The zero-order valence-electron chi connectivity index (χ0n) is 27.5. The lowest BCUT2D eigenvalue weighted by Gasteiger charge is -2.27. The summed E-state index contributed by atoms with van der Waals surface area (Å²) in [7, 11) is 1.38. The Balaban J connectivity index is 1.29. The molecule has 4 rings (SSSR count). The summed E-state index contributed by atoms with van der Waals surface area (Å²) in [6, 6.07) is 15.7. The number of aryl methyl sites for hydroxylation is 1. The lowest BCUT2D eigenvalue weighted by molar-refractivity contribution is -0.111. The molecule has 0 radical (unpaired) electrons. The molecule has 0 aliphatic rings. The van der Waals surface area contributed by atoms with Crippen LogP contribution in [-0.4, -0.2) is 35.6 Å². The number of phenolic OH excluding ortho intramolecular Hbond substituents is 1. The van der Waals surface area contributed by atoms with Crippen molar-refractivity contribution in [2.45, 2.75) is 65.2 Å². The van der Waals surface area contributed by atoms with Gasteiger partial charge in [-0.05, 0) is 83.3 Å². The van der Waals surface area contributed by atoms with Crippen molar-refractivity contribution >= 4 is 23.6 Å². The molecule has 3 N–H and O–H groups in total. The van der Waals surface area contributed by atoms with E-state index >= 15 is 0 Å². The largest absolute Gasteiger partial charge is 0.507 e. The standard InChI is InChI=1S/C37H42FN3O5/c1-36(2,3)27-19-24(20-28(33(27)43)37(4,5)6)12-17-31(42)41-26-14-10-23(11-15-26)9-8-18-39-35(44)32-34(46-22-40-32)25-13-16-30(45-7)29(38)21-25/h10-17,19-22,43H,8-9,18H2,1-7H3,(H,39,44)(H,41,42)/b17-12+. The molecule has 8 nitrogen and oxygen atoms in total. The number of hydrogen-bond acceptors (Lipinski definition) is 6. The highest BCUT2D eigenvalue weighted by Gasteiger charge is 2.26. The minimum Gasteiger partial charge on any atom is -0.507 e. The average Bonchev–Trinajstić information content (AvgIpc) is 3.48. The van der Waals surface area contributed by atoms with Crippen LogP contribution in [0, 0.1) is 5.82 Å². The van der Waals surface area contributed by atoms with E-state index in [-0.39, 0.29) is 33.9 Å². The van der Waals surface area contributed by atoms with Gasteiger partial charge in [0.1, 0.15) is 5.75 Å². The van der Waals surface area contributed by atoms with E-state index in [0.29, 0.717) is 36.4 Å². The van der Waals surface area contributed by atoms with Crippen LogP contribution in [0.4, 0.5) is 10.1 Å². The maximum atomic E-state index is 14.2. The van der Waals surface area contributed by atoms with Crippen LogP contribution in [0.2, 0.25) is 0 Å². The minimum atomic E-state index is -0.566. The van der Waals surface area contributed by atoms with Gasteiger partial charge in [-0.15, -0.1) is 0 Å². The Bertz CT molecular complexity index is 1690. The van der Waals surface area contributed by atoms with Crippen molar-refractivity contribution in [3.05, 3.63) is 101 Å². The second-order valence-corrected chi connectivity index (χ2v) is 13.2. The number of carbonyl (C=O) groups is 2. The van der Waals surface area contributed by atoms with Gasteiger partial charge in [-0.2, -0.15) is 0 Å². The zero-order valence-corrected chi connectivity index (χ0v) is 27.5. The highest BCUT2D eigenvalue weighted by Crippen LogP contribution is 2.40. The van der Waals surface area contributed by atoms with Crippen LogP contribution >= 0.6 is 0 Å². The van der Waals surface area contributed by atoms with Gasteiger partial charge in [0, 0.05) is 35.0 Å². The maximum Gasteiger partial charge on any atom is 0.273 e. The number of methoxy groups -OCH3 is 1. The first-order valence-corrected chi connectivity index (χ1v) is 15.2. The molecule has 0 fully saturated rings. The van der Waals surface area contributed by atoms with E-state index in [1.165, 1.54) is 25.3 Å². The average molecular weight is 628 g/mol. The molecular formula is C37H42FN3O5. The molecule has 3 aromatic carbocycles. The summed E-state index contributed by atoms with van der Waals surface area (Å²) in [6.45, 7) is 12.7. The molecule has 0 bridgehead atoms. The molecule has 1 heterocycles. The predicted molar refractivity (Wildman–Crippen MR) is 179 cm³/mol. The minimum absolute atomic E-state index is 0.0772. The van der Waals surface area contributed by atoms with E-state index in [4.69, 9.17) is 9.15 Å². The number of anilines is 1. The Labute approximate surface area is 269 Å². The molecule has 0 saturated heterocycles. The molecule has 0 unspecified atom stereocenters. The lowest BCUT2D eigenvalue weighted by Crippen LogP contribution is -2.25. The summed E-state index contributed by atoms with van der Waals surface area (Å²) >= 11 is 0. The summed E-state index contributed by atoms with van der Waals surface area (Å²) in [4.78, 5) is 29.5. The SMILES string of the molecule is COc1ccc(-c2ocnc2C(=O)NCCCc2ccc(NC(=O)/C=C/c3cc(C(C)(C)C)c(O)c(C(C)(C)C)c3)cc2)cc1F.